The second-order valence-corrected chi connectivity index (χ2v) is 6.56. The van der Waals surface area contributed by atoms with E-state index in [2.05, 4.69) is 15.6 Å². The van der Waals surface area contributed by atoms with Crippen LogP contribution in [0.15, 0.2) is 42.6 Å². The number of hydrogen-bond donors (Lipinski definition) is 2. The number of pyridine rings is 1. The fourth-order valence-corrected chi connectivity index (χ4v) is 2.79. The van der Waals surface area contributed by atoms with E-state index in [0.29, 0.717) is 37.7 Å². The van der Waals surface area contributed by atoms with Crippen LogP contribution in [0.4, 0.5) is 11.5 Å². The fourth-order valence-electron chi connectivity index (χ4n) is 2.79. The molecule has 7 heteroatoms. The molecule has 2 N–H and O–H groups in total. The highest BCUT2D eigenvalue weighted by molar-refractivity contribution is 6.04. The standard InChI is InChI=1S/C20H24N4O3/c1-14-3-6-17(7-4-14)23-19(25)16-5-8-18(21-13-16)22-15(2)20(26)24-9-11-27-12-10-24/h3-8,13,15H,9-12H2,1-2H3,(H,21,22)(H,23,25). The summed E-state index contributed by atoms with van der Waals surface area (Å²) in [5.74, 6) is 0.340. The third-order valence-corrected chi connectivity index (χ3v) is 4.39. The zero-order chi connectivity index (χ0) is 19.2. The van der Waals surface area contributed by atoms with Gasteiger partial charge >= 0.3 is 0 Å². The van der Waals surface area contributed by atoms with E-state index in [4.69, 9.17) is 4.74 Å². The number of amides is 2. The van der Waals surface area contributed by atoms with Crippen LogP contribution >= 0.6 is 0 Å². The summed E-state index contributed by atoms with van der Waals surface area (Å²) in [4.78, 5) is 30.8. The number of nitrogens with one attached hydrogen (secondary N) is 2. The van der Waals surface area contributed by atoms with Crippen LogP contribution < -0.4 is 10.6 Å². The molecule has 2 aromatic rings. The first-order valence-electron chi connectivity index (χ1n) is 9.00. The first-order chi connectivity index (χ1) is 13.0. The Labute approximate surface area is 158 Å². The summed E-state index contributed by atoms with van der Waals surface area (Å²) in [6.45, 7) is 6.15. The zero-order valence-electron chi connectivity index (χ0n) is 15.6. The van der Waals surface area contributed by atoms with Crippen molar-refractivity contribution in [3.8, 4) is 0 Å². The average molecular weight is 368 g/mol. The summed E-state index contributed by atoms with van der Waals surface area (Å²) >= 11 is 0. The number of ether oxygens (including phenoxy) is 1. The van der Waals surface area contributed by atoms with Gasteiger partial charge in [-0.1, -0.05) is 17.7 Å². The van der Waals surface area contributed by atoms with E-state index in [9.17, 15) is 9.59 Å². The molecule has 1 unspecified atom stereocenters. The molecule has 1 atom stereocenters. The summed E-state index contributed by atoms with van der Waals surface area (Å²) in [6, 6.07) is 10.6. The van der Waals surface area contributed by atoms with E-state index in [0.717, 1.165) is 11.3 Å². The van der Waals surface area contributed by atoms with Gasteiger partial charge in [0.1, 0.15) is 11.9 Å². The second-order valence-electron chi connectivity index (χ2n) is 6.56. The number of anilines is 2. The average Bonchev–Trinajstić information content (AvgIpc) is 2.70. The van der Waals surface area contributed by atoms with Gasteiger partial charge in [0.05, 0.1) is 18.8 Å². The first kappa shape index (κ1) is 18.8. The van der Waals surface area contributed by atoms with Crippen LogP contribution in [0.3, 0.4) is 0 Å². The molecular weight excluding hydrogens is 344 g/mol. The molecule has 2 heterocycles. The van der Waals surface area contributed by atoms with Crippen molar-refractivity contribution in [2.75, 3.05) is 36.9 Å². The van der Waals surface area contributed by atoms with Crippen molar-refractivity contribution in [3.05, 3.63) is 53.7 Å². The van der Waals surface area contributed by atoms with E-state index >= 15 is 0 Å². The topological polar surface area (TPSA) is 83.6 Å². The van der Waals surface area contributed by atoms with Crippen molar-refractivity contribution in [3.63, 3.8) is 0 Å². The normalized spacial score (nSPS) is 15.1. The lowest BCUT2D eigenvalue weighted by Crippen LogP contribution is -2.47. The maximum absolute atomic E-state index is 12.4. The molecule has 2 amide bonds. The summed E-state index contributed by atoms with van der Waals surface area (Å²) in [5, 5.41) is 5.92. The van der Waals surface area contributed by atoms with Crippen molar-refractivity contribution in [2.24, 2.45) is 0 Å². The number of carbonyl (C=O) groups is 2. The van der Waals surface area contributed by atoms with E-state index in [1.54, 1.807) is 24.0 Å². The Bertz CT molecular complexity index is 784. The monoisotopic (exact) mass is 368 g/mol. The number of rotatable bonds is 5. The second kappa shape index (κ2) is 8.64. The number of aryl methyl sites for hydroxylation is 1. The Balaban J connectivity index is 1.56. The van der Waals surface area contributed by atoms with Gasteiger partial charge in [-0.15, -0.1) is 0 Å². The molecule has 142 valence electrons. The van der Waals surface area contributed by atoms with E-state index < -0.39 is 6.04 Å². The minimum Gasteiger partial charge on any atom is -0.378 e. The van der Waals surface area contributed by atoms with Crippen LogP contribution in [-0.2, 0) is 9.53 Å². The van der Waals surface area contributed by atoms with Gasteiger partial charge in [-0.3, -0.25) is 9.59 Å². The fraction of sp³-hybridized carbons (Fsp3) is 0.350. The molecule has 1 aromatic carbocycles. The van der Waals surface area contributed by atoms with Crippen molar-refractivity contribution < 1.29 is 14.3 Å². The van der Waals surface area contributed by atoms with Crippen molar-refractivity contribution in [1.29, 1.82) is 0 Å². The Morgan fingerprint density at radius 1 is 1.11 bits per heavy atom. The molecule has 3 rings (SSSR count). The molecule has 0 saturated carbocycles. The van der Waals surface area contributed by atoms with Crippen molar-refractivity contribution in [1.82, 2.24) is 9.88 Å². The number of benzene rings is 1. The third-order valence-electron chi connectivity index (χ3n) is 4.39. The first-order valence-corrected chi connectivity index (χ1v) is 9.00. The maximum Gasteiger partial charge on any atom is 0.257 e. The lowest BCUT2D eigenvalue weighted by molar-refractivity contribution is -0.135. The van der Waals surface area contributed by atoms with Gasteiger partial charge in [-0.05, 0) is 38.1 Å². The Hall–Kier alpha value is -2.93. The van der Waals surface area contributed by atoms with Gasteiger partial charge in [0.25, 0.3) is 5.91 Å². The van der Waals surface area contributed by atoms with E-state index in [1.807, 2.05) is 31.2 Å². The minimum atomic E-state index is -0.400. The smallest absolute Gasteiger partial charge is 0.257 e. The number of hydrogen-bond acceptors (Lipinski definition) is 5. The highest BCUT2D eigenvalue weighted by Crippen LogP contribution is 2.13. The SMILES string of the molecule is Cc1ccc(NC(=O)c2ccc(NC(C)C(=O)N3CCOCC3)nc2)cc1. The van der Waals surface area contributed by atoms with Gasteiger partial charge in [-0.2, -0.15) is 0 Å². The summed E-state index contributed by atoms with van der Waals surface area (Å²) in [5.41, 5.74) is 2.32. The quantitative estimate of drug-likeness (QED) is 0.846. The number of aromatic nitrogens is 1. The largest absolute Gasteiger partial charge is 0.378 e. The molecule has 0 spiro atoms. The van der Waals surface area contributed by atoms with E-state index in [-0.39, 0.29) is 11.8 Å². The molecule has 1 aromatic heterocycles. The summed E-state index contributed by atoms with van der Waals surface area (Å²) in [6.07, 6.45) is 1.50. The molecule has 1 saturated heterocycles. The molecule has 1 fully saturated rings. The Morgan fingerprint density at radius 3 is 2.44 bits per heavy atom. The highest BCUT2D eigenvalue weighted by Gasteiger charge is 2.22. The van der Waals surface area contributed by atoms with Crippen molar-refractivity contribution in [2.45, 2.75) is 19.9 Å². The minimum absolute atomic E-state index is 0.0151. The van der Waals surface area contributed by atoms with Gasteiger partial charge in [0, 0.05) is 25.0 Å². The number of nitrogens with zero attached hydrogens (tertiary/aromatic N) is 2. The predicted molar refractivity (Wildman–Crippen MR) is 104 cm³/mol. The highest BCUT2D eigenvalue weighted by atomic mass is 16.5. The zero-order valence-corrected chi connectivity index (χ0v) is 15.6. The molecule has 0 aliphatic carbocycles. The van der Waals surface area contributed by atoms with Gasteiger partial charge in [0.2, 0.25) is 5.91 Å². The Kier molecular flexibility index (Phi) is 6.03. The van der Waals surface area contributed by atoms with Gasteiger partial charge in [0.15, 0.2) is 0 Å². The molecule has 0 radical (unpaired) electrons. The third kappa shape index (κ3) is 5.04. The van der Waals surface area contributed by atoms with E-state index in [1.165, 1.54) is 6.20 Å². The summed E-state index contributed by atoms with van der Waals surface area (Å²) in [7, 11) is 0. The van der Waals surface area contributed by atoms with Crippen LogP contribution in [0.25, 0.3) is 0 Å². The van der Waals surface area contributed by atoms with Crippen LogP contribution in [0, 0.1) is 6.92 Å². The molecule has 1 aliphatic rings. The van der Waals surface area contributed by atoms with Crippen LogP contribution in [0.1, 0.15) is 22.8 Å². The summed E-state index contributed by atoms with van der Waals surface area (Å²) < 4.78 is 5.27. The predicted octanol–water partition coefficient (Wildman–Crippen LogP) is 2.30. The lowest BCUT2D eigenvalue weighted by Gasteiger charge is -2.29. The Morgan fingerprint density at radius 2 is 1.81 bits per heavy atom. The maximum atomic E-state index is 12.4. The van der Waals surface area contributed by atoms with Crippen LogP contribution in [0.5, 0.6) is 0 Å². The molecule has 1 aliphatic heterocycles. The van der Waals surface area contributed by atoms with Gasteiger partial charge in [-0.25, -0.2) is 4.98 Å². The number of carbonyl (C=O) groups excluding carboxylic acids is 2. The van der Waals surface area contributed by atoms with Crippen LogP contribution in [0.2, 0.25) is 0 Å². The van der Waals surface area contributed by atoms with Crippen LogP contribution in [-0.4, -0.2) is 54.0 Å². The lowest BCUT2D eigenvalue weighted by atomic mass is 10.2. The molecule has 27 heavy (non-hydrogen) atoms. The van der Waals surface area contributed by atoms with Gasteiger partial charge < -0.3 is 20.3 Å². The molecule has 0 bridgehead atoms. The number of morpholine rings is 1. The van der Waals surface area contributed by atoms with Crippen molar-refractivity contribution >= 4 is 23.3 Å². The molecule has 7 nitrogen and oxygen atoms in total. The molecular formula is C20H24N4O3.